The van der Waals surface area contributed by atoms with Crippen LogP contribution in [0, 0.1) is 0 Å². The van der Waals surface area contributed by atoms with Crippen molar-refractivity contribution in [3.8, 4) is 0 Å². The number of nitrogens with two attached hydrogens (primary N) is 1. The van der Waals surface area contributed by atoms with Gasteiger partial charge in [0.05, 0.1) is 17.3 Å². The molecule has 0 saturated carbocycles. The molecule has 0 fully saturated rings. The number of nitrogens with zero attached hydrogens (tertiary/aromatic N) is 3. The minimum atomic E-state index is -2.88. The maximum absolute atomic E-state index is 12.8. The van der Waals surface area contributed by atoms with Crippen molar-refractivity contribution in [2.45, 2.75) is 19.4 Å². The Labute approximate surface area is 147 Å². The minimum Gasteiger partial charge on any atom is -0.384 e. The Kier molecular flexibility index (Phi) is 6.15. The number of aromatic nitrogens is 3. The zero-order chi connectivity index (χ0) is 19.3. The first-order chi connectivity index (χ1) is 12.3. The lowest BCUT2D eigenvalue weighted by molar-refractivity contribution is 0.0963. The number of alkyl halides is 3. The topological polar surface area (TPSA) is 118 Å². The highest BCUT2D eigenvalue weighted by Gasteiger charge is 2.16. The Balaban J connectivity index is 2.35. The second-order valence-corrected chi connectivity index (χ2v) is 5.36. The molecule has 140 valence electrons. The third-order valence-electron chi connectivity index (χ3n) is 3.22. The fraction of sp³-hybridized carbons (Fsp3) is 0.333. The number of anilines is 4. The predicted molar refractivity (Wildman–Crippen MR) is 91.4 cm³/mol. The van der Waals surface area contributed by atoms with Crippen LogP contribution in [-0.4, -0.2) is 40.6 Å². The standard InChI is InChI=1S/C15H18F3N7O/c1-7(5-16)22-9-3-11(21-6-8(9)15(26)20-2)24-12-4-10(19)23-14(25-12)13(17)18/h3-4,6-7,13H,5H2,1-2H3,(H,20,26)(H4,19,21,22,23,24,25)/t7-/m0/s1. The van der Waals surface area contributed by atoms with E-state index in [0.29, 0.717) is 5.69 Å². The van der Waals surface area contributed by atoms with Crippen LogP contribution in [0.1, 0.15) is 29.5 Å². The van der Waals surface area contributed by atoms with Gasteiger partial charge in [0.1, 0.15) is 24.1 Å². The summed E-state index contributed by atoms with van der Waals surface area (Å²) in [4.78, 5) is 23.1. The summed E-state index contributed by atoms with van der Waals surface area (Å²) in [5, 5.41) is 8.02. The highest BCUT2D eigenvalue weighted by Crippen LogP contribution is 2.24. The monoisotopic (exact) mass is 369 g/mol. The molecule has 0 bridgehead atoms. The summed E-state index contributed by atoms with van der Waals surface area (Å²) >= 11 is 0. The molecule has 0 aliphatic rings. The molecule has 0 aliphatic heterocycles. The van der Waals surface area contributed by atoms with Crippen LogP contribution < -0.4 is 21.7 Å². The van der Waals surface area contributed by atoms with Gasteiger partial charge in [0.25, 0.3) is 12.3 Å². The molecule has 0 aromatic carbocycles. The van der Waals surface area contributed by atoms with Crippen molar-refractivity contribution in [1.29, 1.82) is 0 Å². The molecule has 5 N–H and O–H groups in total. The number of halogens is 3. The number of rotatable bonds is 7. The zero-order valence-corrected chi connectivity index (χ0v) is 14.1. The Hall–Kier alpha value is -3.11. The summed E-state index contributed by atoms with van der Waals surface area (Å²) in [6, 6.07) is 2.16. The van der Waals surface area contributed by atoms with Crippen LogP contribution in [0.3, 0.4) is 0 Å². The first-order valence-electron chi connectivity index (χ1n) is 7.58. The van der Waals surface area contributed by atoms with Gasteiger partial charge in [0.2, 0.25) is 0 Å². The number of carbonyl (C=O) groups excluding carboxylic acids is 1. The molecule has 0 radical (unpaired) electrons. The van der Waals surface area contributed by atoms with Crippen LogP contribution in [0.5, 0.6) is 0 Å². The second-order valence-electron chi connectivity index (χ2n) is 5.36. The summed E-state index contributed by atoms with van der Waals surface area (Å²) in [6.45, 7) is 0.944. The summed E-state index contributed by atoms with van der Waals surface area (Å²) < 4.78 is 38.4. The molecule has 2 aromatic rings. The fourth-order valence-electron chi connectivity index (χ4n) is 2.04. The van der Waals surface area contributed by atoms with E-state index in [1.807, 2.05) is 0 Å². The van der Waals surface area contributed by atoms with Crippen LogP contribution in [0.25, 0.3) is 0 Å². The van der Waals surface area contributed by atoms with E-state index in [1.54, 1.807) is 6.92 Å². The summed E-state index contributed by atoms with van der Waals surface area (Å²) in [5.74, 6) is -1.06. The van der Waals surface area contributed by atoms with Gasteiger partial charge in [-0.15, -0.1) is 0 Å². The molecule has 0 saturated heterocycles. The van der Waals surface area contributed by atoms with Gasteiger partial charge in [-0.25, -0.2) is 28.1 Å². The van der Waals surface area contributed by atoms with Crippen molar-refractivity contribution in [2.24, 2.45) is 0 Å². The van der Waals surface area contributed by atoms with Crippen LogP contribution in [-0.2, 0) is 0 Å². The smallest absolute Gasteiger partial charge is 0.297 e. The van der Waals surface area contributed by atoms with E-state index in [4.69, 9.17) is 5.73 Å². The summed E-state index contributed by atoms with van der Waals surface area (Å²) in [6.07, 6.45) is -1.61. The minimum absolute atomic E-state index is 0.0116. The number of hydrogen-bond donors (Lipinski definition) is 4. The largest absolute Gasteiger partial charge is 0.384 e. The van der Waals surface area contributed by atoms with Gasteiger partial charge < -0.3 is 21.7 Å². The van der Waals surface area contributed by atoms with Crippen molar-refractivity contribution in [3.05, 3.63) is 29.7 Å². The van der Waals surface area contributed by atoms with Gasteiger partial charge in [-0.05, 0) is 6.92 Å². The van der Waals surface area contributed by atoms with Crippen molar-refractivity contribution in [1.82, 2.24) is 20.3 Å². The van der Waals surface area contributed by atoms with Gasteiger partial charge >= 0.3 is 0 Å². The Morgan fingerprint density at radius 1 is 1.27 bits per heavy atom. The molecule has 2 aromatic heterocycles. The van der Waals surface area contributed by atoms with Crippen molar-refractivity contribution >= 4 is 29.0 Å². The molecule has 0 aliphatic carbocycles. The Bertz CT molecular complexity index is 788. The van der Waals surface area contributed by atoms with Gasteiger partial charge in [-0.3, -0.25) is 4.79 Å². The molecular weight excluding hydrogens is 351 g/mol. The van der Waals surface area contributed by atoms with E-state index in [1.165, 1.54) is 25.4 Å². The molecule has 0 unspecified atom stereocenters. The lowest BCUT2D eigenvalue weighted by Crippen LogP contribution is -2.23. The molecule has 26 heavy (non-hydrogen) atoms. The number of pyridine rings is 1. The average molecular weight is 369 g/mol. The van der Waals surface area contributed by atoms with E-state index in [2.05, 4.69) is 30.9 Å². The van der Waals surface area contributed by atoms with Gasteiger partial charge in [0.15, 0.2) is 5.82 Å². The number of hydrogen-bond acceptors (Lipinski definition) is 7. The van der Waals surface area contributed by atoms with Crippen molar-refractivity contribution < 1.29 is 18.0 Å². The molecule has 0 spiro atoms. The van der Waals surface area contributed by atoms with Crippen LogP contribution in [0.4, 0.5) is 36.3 Å². The molecule has 11 heteroatoms. The molecular formula is C15H18F3N7O. The molecule has 8 nitrogen and oxygen atoms in total. The van der Waals surface area contributed by atoms with Crippen molar-refractivity contribution in [3.63, 3.8) is 0 Å². The van der Waals surface area contributed by atoms with Crippen LogP contribution >= 0.6 is 0 Å². The first-order valence-corrected chi connectivity index (χ1v) is 7.58. The fourth-order valence-corrected chi connectivity index (χ4v) is 2.04. The lowest BCUT2D eigenvalue weighted by Gasteiger charge is -2.16. The summed E-state index contributed by atoms with van der Waals surface area (Å²) in [7, 11) is 1.45. The quantitative estimate of drug-likeness (QED) is 0.591. The van der Waals surface area contributed by atoms with E-state index in [-0.39, 0.29) is 23.0 Å². The summed E-state index contributed by atoms with van der Waals surface area (Å²) in [5.41, 5.74) is 6.02. The number of amides is 1. The first kappa shape index (κ1) is 19.2. The normalized spacial score (nSPS) is 11.9. The third kappa shape index (κ3) is 4.71. The highest BCUT2D eigenvalue weighted by molar-refractivity contribution is 5.99. The van der Waals surface area contributed by atoms with Crippen molar-refractivity contribution in [2.75, 3.05) is 30.1 Å². The zero-order valence-electron chi connectivity index (χ0n) is 14.1. The van der Waals surface area contributed by atoms with Crippen LogP contribution in [0.2, 0.25) is 0 Å². The Morgan fingerprint density at radius 3 is 2.62 bits per heavy atom. The highest BCUT2D eigenvalue weighted by atomic mass is 19.3. The second kappa shape index (κ2) is 8.32. The van der Waals surface area contributed by atoms with E-state index >= 15 is 0 Å². The third-order valence-corrected chi connectivity index (χ3v) is 3.22. The number of nitrogen functional groups attached to an aromatic ring is 1. The van der Waals surface area contributed by atoms with E-state index in [9.17, 15) is 18.0 Å². The van der Waals surface area contributed by atoms with E-state index in [0.717, 1.165) is 0 Å². The SMILES string of the molecule is CNC(=O)c1cnc(Nc2cc(N)nc(C(F)F)n2)cc1N[C@@H](C)CF. The molecule has 1 atom stereocenters. The molecule has 2 rings (SSSR count). The van der Waals surface area contributed by atoms with E-state index < -0.39 is 30.9 Å². The number of nitrogens with one attached hydrogen (secondary N) is 3. The molecule has 1 amide bonds. The van der Waals surface area contributed by atoms with Gasteiger partial charge in [0, 0.05) is 25.4 Å². The molecule has 2 heterocycles. The average Bonchev–Trinajstić information content (AvgIpc) is 2.60. The maximum atomic E-state index is 12.8. The maximum Gasteiger partial charge on any atom is 0.297 e. The van der Waals surface area contributed by atoms with Gasteiger partial charge in [-0.2, -0.15) is 0 Å². The van der Waals surface area contributed by atoms with Crippen LogP contribution in [0.15, 0.2) is 18.3 Å². The van der Waals surface area contributed by atoms with Gasteiger partial charge in [-0.1, -0.05) is 0 Å². The predicted octanol–water partition coefficient (Wildman–Crippen LogP) is 2.26. The Morgan fingerprint density at radius 2 is 2.00 bits per heavy atom. The lowest BCUT2D eigenvalue weighted by atomic mass is 10.2. The number of carbonyl (C=O) groups is 1.